The monoisotopic (exact) mass is 329 g/mol. The number of nitrogens with zero attached hydrogens (tertiary/aromatic N) is 1. The van der Waals surface area contributed by atoms with E-state index >= 15 is 0 Å². The molecule has 0 unspecified atom stereocenters. The molecule has 1 aliphatic carbocycles. The van der Waals surface area contributed by atoms with Crippen LogP contribution in [0.1, 0.15) is 19.3 Å². The highest BCUT2D eigenvalue weighted by Gasteiger charge is 2.42. The van der Waals surface area contributed by atoms with Crippen LogP contribution in [0, 0.1) is 11.7 Å². The van der Waals surface area contributed by atoms with E-state index in [1.54, 1.807) is 0 Å². The maximum Gasteiger partial charge on any atom is 0.243 e. The Bertz CT molecular complexity index is 636. The lowest BCUT2D eigenvalue weighted by Gasteiger charge is -2.39. The van der Waals surface area contributed by atoms with Gasteiger partial charge in [0.1, 0.15) is 5.82 Å². The molecule has 22 heavy (non-hydrogen) atoms. The minimum absolute atomic E-state index is 0.0492. The fourth-order valence-electron chi connectivity index (χ4n) is 3.42. The number of sulfonamides is 1. The van der Waals surface area contributed by atoms with Crippen molar-refractivity contribution in [3.05, 3.63) is 30.1 Å². The van der Waals surface area contributed by atoms with E-state index in [1.165, 1.54) is 22.5 Å². The van der Waals surface area contributed by atoms with Crippen LogP contribution < -0.4 is 0 Å². The average Bonchev–Trinajstić information content (AvgIpc) is 2.93. The number of aliphatic hydroxyl groups excluding tert-OH is 1. The number of hydrogen-bond acceptors (Lipinski definition) is 4. The van der Waals surface area contributed by atoms with Gasteiger partial charge in [0.2, 0.25) is 10.0 Å². The first-order valence-corrected chi connectivity index (χ1v) is 8.97. The molecule has 3 atom stereocenters. The fourth-order valence-corrected chi connectivity index (χ4v) is 5.10. The molecule has 0 amide bonds. The Morgan fingerprint density at radius 3 is 2.82 bits per heavy atom. The number of benzene rings is 1. The van der Waals surface area contributed by atoms with Crippen molar-refractivity contribution < 1.29 is 22.7 Å². The van der Waals surface area contributed by atoms with E-state index in [2.05, 4.69) is 0 Å². The summed E-state index contributed by atoms with van der Waals surface area (Å²) in [6.45, 7) is 0.816. The number of halogens is 1. The number of aliphatic hydroxyl groups is 1. The van der Waals surface area contributed by atoms with Crippen LogP contribution in [0.4, 0.5) is 4.39 Å². The van der Waals surface area contributed by atoms with Gasteiger partial charge in [0.25, 0.3) is 0 Å². The van der Waals surface area contributed by atoms with Gasteiger partial charge in [-0.05, 0) is 31.0 Å². The van der Waals surface area contributed by atoms with Crippen molar-refractivity contribution in [2.24, 2.45) is 5.92 Å². The summed E-state index contributed by atoms with van der Waals surface area (Å²) < 4.78 is 45.9. The smallest absolute Gasteiger partial charge is 0.243 e. The van der Waals surface area contributed by atoms with Gasteiger partial charge in [0.15, 0.2) is 0 Å². The topological polar surface area (TPSA) is 66.8 Å². The molecule has 2 fully saturated rings. The molecule has 1 N–H and O–H groups in total. The molecule has 1 aromatic carbocycles. The second kappa shape index (κ2) is 6.23. The molecule has 0 bridgehead atoms. The molecule has 5 nitrogen and oxygen atoms in total. The number of morpholine rings is 1. The normalized spacial score (nSPS) is 30.5. The van der Waals surface area contributed by atoms with Crippen LogP contribution in [0.2, 0.25) is 0 Å². The van der Waals surface area contributed by atoms with Gasteiger partial charge >= 0.3 is 0 Å². The van der Waals surface area contributed by atoms with Gasteiger partial charge in [0.05, 0.1) is 30.3 Å². The fraction of sp³-hybridized carbons (Fsp3) is 0.600. The molecule has 0 aromatic heterocycles. The zero-order valence-corrected chi connectivity index (χ0v) is 13.0. The third-order valence-electron chi connectivity index (χ3n) is 4.54. The van der Waals surface area contributed by atoms with Gasteiger partial charge < -0.3 is 9.84 Å². The Kier molecular flexibility index (Phi) is 4.49. The van der Waals surface area contributed by atoms with Crippen molar-refractivity contribution in [3.63, 3.8) is 0 Å². The molecule has 1 saturated carbocycles. The zero-order valence-electron chi connectivity index (χ0n) is 12.2. The van der Waals surface area contributed by atoms with Gasteiger partial charge in [-0.2, -0.15) is 4.31 Å². The predicted octanol–water partition coefficient (Wildman–Crippen LogP) is 1.38. The Morgan fingerprint density at radius 2 is 2.14 bits per heavy atom. The summed E-state index contributed by atoms with van der Waals surface area (Å²) in [4.78, 5) is -0.0492. The highest BCUT2D eigenvalue weighted by atomic mass is 32.2. The minimum Gasteiger partial charge on any atom is -0.393 e. The standard InChI is InChI=1S/C15H20FNO4S/c16-11-3-1-4-12(9-11)22(19,20)17-7-8-21-10-14(17)13-5-2-6-15(13)18/h1,3-4,9,13-15,18H,2,5-8,10H2/t13-,14+,15-/m0/s1. The van der Waals surface area contributed by atoms with Crippen molar-refractivity contribution in [2.75, 3.05) is 19.8 Å². The highest BCUT2D eigenvalue weighted by Crippen LogP contribution is 2.34. The Hall–Kier alpha value is -1.02. The lowest BCUT2D eigenvalue weighted by atomic mass is 9.96. The van der Waals surface area contributed by atoms with Crippen molar-refractivity contribution >= 4 is 10.0 Å². The van der Waals surface area contributed by atoms with Crippen molar-refractivity contribution in [1.29, 1.82) is 0 Å². The largest absolute Gasteiger partial charge is 0.393 e. The van der Waals surface area contributed by atoms with Crippen LogP contribution in [0.15, 0.2) is 29.2 Å². The van der Waals surface area contributed by atoms with Gasteiger partial charge in [-0.3, -0.25) is 0 Å². The molecule has 3 rings (SSSR count). The summed E-state index contributed by atoms with van der Waals surface area (Å²) >= 11 is 0. The van der Waals surface area contributed by atoms with Crippen LogP contribution in [-0.4, -0.2) is 49.7 Å². The summed E-state index contributed by atoms with van der Waals surface area (Å²) in [5, 5.41) is 10.1. The maximum atomic E-state index is 13.4. The van der Waals surface area contributed by atoms with E-state index in [0.717, 1.165) is 18.9 Å². The molecule has 1 aromatic rings. The van der Waals surface area contributed by atoms with E-state index < -0.39 is 21.9 Å². The maximum absolute atomic E-state index is 13.4. The molecular weight excluding hydrogens is 309 g/mol. The molecule has 2 aliphatic rings. The predicted molar refractivity (Wildman–Crippen MR) is 78.2 cm³/mol. The Balaban J connectivity index is 1.92. The lowest BCUT2D eigenvalue weighted by molar-refractivity contribution is -0.0148. The minimum atomic E-state index is -3.79. The summed E-state index contributed by atoms with van der Waals surface area (Å²) in [5.74, 6) is -0.699. The summed E-state index contributed by atoms with van der Waals surface area (Å²) in [7, 11) is -3.79. The zero-order chi connectivity index (χ0) is 15.7. The van der Waals surface area contributed by atoms with Gasteiger partial charge in [-0.1, -0.05) is 12.5 Å². The molecule has 0 spiro atoms. The number of hydrogen-bond donors (Lipinski definition) is 1. The van der Waals surface area contributed by atoms with Gasteiger partial charge in [-0.15, -0.1) is 0 Å². The number of ether oxygens (including phenoxy) is 1. The van der Waals surface area contributed by atoms with Crippen LogP contribution >= 0.6 is 0 Å². The second-order valence-electron chi connectivity index (χ2n) is 5.88. The lowest BCUT2D eigenvalue weighted by Crippen LogP contribution is -2.53. The summed E-state index contributed by atoms with van der Waals surface area (Å²) in [6.07, 6.45) is 1.85. The molecule has 122 valence electrons. The van der Waals surface area contributed by atoms with Gasteiger partial charge in [-0.25, -0.2) is 12.8 Å². The third-order valence-corrected chi connectivity index (χ3v) is 6.46. The molecule has 0 radical (unpaired) electrons. The van der Waals surface area contributed by atoms with Gasteiger partial charge in [0, 0.05) is 12.5 Å². The van der Waals surface area contributed by atoms with Crippen LogP contribution in [-0.2, 0) is 14.8 Å². The summed E-state index contributed by atoms with van der Waals surface area (Å²) in [6, 6.07) is 4.65. The van der Waals surface area contributed by atoms with Crippen LogP contribution in [0.3, 0.4) is 0 Å². The first kappa shape index (κ1) is 15.9. The molecule has 7 heteroatoms. The average molecular weight is 329 g/mol. The van der Waals surface area contributed by atoms with E-state index in [1.807, 2.05) is 0 Å². The molecular formula is C15H20FNO4S. The Morgan fingerprint density at radius 1 is 1.32 bits per heavy atom. The molecule has 1 saturated heterocycles. The van der Waals surface area contributed by atoms with Crippen LogP contribution in [0.25, 0.3) is 0 Å². The first-order chi connectivity index (χ1) is 10.5. The Labute approximate surface area is 129 Å². The van der Waals surface area contributed by atoms with Crippen molar-refractivity contribution in [3.8, 4) is 0 Å². The molecule has 1 aliphatic heterocycles. The molecule has 1 heterocycles. The van der Waals surface area contributed by atoms with Crippen molar-refractivity contribution in [1.82, 2.24) is 4.31 Å². The number of rotatable bonds is 3. The quantitative estimate of drug-likeness (QED) is 0.910. The van der Waals surface area contributed by atoms with E-state index in [0.29, 0.717) is 13.0 Å². The summed E-state index contributed by atoms with van der Waals surface area (Å²) in [5.41, 5.74) is 0. The SMILES string of the molecule is O=S(=O)(c1cccc(F)c1)N1CCOC[C@@H]1[C@@H]1CCC[C@@H]1O. The van der Waals surface area contributed by atoms with E-state index in [-0.39, 0.29) is 30.0 Å². The van der Waals surface area contributed by atoms with Crippen molar-refractivity contribution in [2.45, 2.75) is 36.3 Å². The third kappa shape index (κ3) is 2.90. The van der Waals surface area contributed by atoms with E-state index in [9.17, 15) is 17.9 Å². The first-order valence-electron chi connectivity index (χ1n) is 7.53. The van der Waals surface area contributed by atoms with E-state index in [4.69, 9.17) is 4.74 Å². The van der Waals surface area contributed by atoms with Crippen LogP contribution in [0.5, 0.6) is 0 Å². The second-order valence-corrected chi connectivity index (χ2v) is 7.77. The highest BCUT2D eigenvalue weighted by molar-refractivity contribution is 7.89.